The van der Waals surface area contributed by atoms with Gasteiger partial charge in [-0.2, -0.15) is 0 Å². The molecule has 0 bridgehead atoms. The third-order valence-corrected chi connectivity index (χ3v) is 7.41. The SMILES string of the molecule is COc1ccc([C@@H](CCN2CCN(c3ccccc3)CC2)c2c(OC)cc(OC)c3ccc(=O)oc23)cc1. The molecule has 0 N–H and O–H groups in total. The lowest BCUT2D eigenvalue weighted by molar-refractivity contribution is 0.251. The maximum absolute atomic E-state index is 12.4. The van der Waals surface area contributed by atoms with Crippen molar-refractivity contribution < 1.29 is 18.6 Å². The molecule has 1 fully saturated rings. The highest BCUT2D eigenvalue weighted by Gasteiger charge is 2.27. The van der Waals surface area contributed by atoms with E-state index in [9.17, 15) is 4.79 Å². The molecule has 0 unspecified atom stereocenters. The summed E-state index contributed by atoms with van der Waals surface area (Å²) in [6, 6.07) is 23.7. The Morgan fingerprint density at radius 2 is 1.53 bits per heavy atom. The van der Waals surface area contributed by atoms with Crippen LogP contribution in [0.15, 0.2) is 82.0 Å². The van der Waals surface area contributed by atoms with Gasteiger partial charge in [0.1, 0.15) is 22.8 Å². The van der Waals surface area contributed by atoms with Crippen LogP contribution in [0.1, 0.15) is 23.5 Å². The van der Waals surface area contributed by atoms with Crippen LogP contribution < -0.4 is 24.7 Å². The minimum Gasteiger partial charge on any atom is -0.497 e. The van der Waals surface area contributed by atoms with Crippen molar-refractivity contribution in [2.75, 3.05) is 59.0 Å². The molecule has 1 atom stereocenters. The molecular weight excluding hydrogens is 480 g/mol. The van der Waals surface area contributed by atoms with Gasteiger partial charge >= 0.3 is 5.63 Å². The average Bonchev–Trinajstić information content (AvgIpc) is 2.98. The van der Waals surface area contributed by atoms with E-state index in [4.69, 9.17) is 18.6 Å². The van der Waals surface area contributed by atoms with E-state index >= 15 is 0 Å². The Balaban J connectivity index is 1.47. The van der Waals surface area contributed by atoms with E-state index in [0.29, 0.717) is 17.1 Å². The molecule has 0 radical (unpaired) electrons. The first-order valence-electron chi connectivity index (χ1n) is 13.0. The number of nitrogens with zero attached hydrogens (tertiary/aromatic N) is 2. The van der Waals surface area contributed by atoms with E-state index in [1.54, 1.807) is 27.4 Å². The largest absolute Gasteiger partial charge is 0.497 e. The Hall–Kier alpha value is -3.97. The fourth-order valence-corrected chi connectivity index (χ4v) is 5.36. The predicted octanol–water partition coefficient (Wildman–Crippen LogP) is 5.16. The summed E-state index contributed by atoms with van der Waals surface area (Å²) in [6.07, 6.45) is 0.827. The normalized spacial score (nSPS) is 14.9. The Morgan fingerprint density at radius 3 is 2.18 bits per heavy atom. The van der Waals surface area contributed by atoms with Gasteiger partial charge in [-0.15, -0.1) is 0 Å². The Labute approximate surface area is 223 Å². The van der Waals surface area contributed by atoms with Crippen molar-refractivity contribution in [1.82, 2.24) is 4.90 Å². The number of hydrogen-bond acceptors (Lipinski definition) is 7. The maximum atomic E-state index is 12.4. The molecule has 38 heavy (non-hydrogen) atoms. The third kappa shape index (κ3) is 5.34. The van der Waals surface area contributed by atoms with Gasteiger partial charge < -0.3 is 23.5 Å². The van der Waals surface area contributed by atoms with Gasteiger partial charge in [0.05, 0.1) is 26.7 Å². The maximum Gasteiger partial charge on any atom is 0.336 e. The molecule has 7 nitrogen and oxygen atoms in total. The van der Waals surface area contributed by atoms with Gasteiger partial charge in [0.2, 0.25) is 0 Å². The van der Waals surface area contributed by atoms with Crippen LogP contribution in [0, 0.1) is 0 Å². The number of ether oxygens (including phenoxy) is 3. The fourth-order valence-electron chi connectivity index (χ4n) is 5.36. The molecule has 0 aliphatic carbocycles. The van der Waals surface area contributed by atoms with E-state index in [-0.39, 0.29) is 5.92 Å². The monoisotopic (exact) mass is 514 g/mol. The van der Waals surface area contributed by atoms with E-state index in [2.05, 4.69) is 52.3 Å². The van der Waals surface area contributed by atoms with Gasteiger partial charge in [-0.3, -0.25) is 4.90 Å². The van der Waals surface area contributed by atoms with Crippen LogP contribution in [0.25, 0.3) is 11.0 Å². The molecule has 0 spiro atoms. The smallest absolute Gasteiger partial charge is 0.336 e. The number of anilines is 1. The minimum atomic E-state index is -0.403. The molecule has 1 aliphatic heterocycles. The van der Waals surface area contributed by atoms with Crippen LogP contribution in [-0.4, -0.2) is 59.0 Å². The number of benzene rings is 3. The summed E-state index contributed by atoms with van der Waals surface area (Å²) in [5.74, 6) is 1.97. The third-order valence-electron chi connectivity index (χ3n) is 7.41. The summed E-state index contributed by atoms with van der Waals surface area (Å²) < 4.78 is 22.7. The summed E-state index contributed by atoms with van der Waals surface area (Å²) in [7, 11) is 4.91. The second kappa shape index (κ2) is 11.6. The van der Waals surface area contributed by atoms with Crippen molar-refractivity contribution >= 4 is 16.7 Å². The zero-order valence-corrected chi connectivity index (χ0v) is 22.2. The predicted molar refractivity (Wildman–Crippen MR) is 150 cm³/mol. The summed E-state index contributed by atoms with van der Waals surface area (Å²) in [6.45, 7) is 4.84. The lowest BCUT2D eigenvalue weighted by Gasteiger charge is -2.36. The lowest BCUT2D eigenvalue weighted by atomic mass is 9.86. The van der Waals surface area contributed by atoms with Crippen LogP contribution in [-0.2, 0) is 0 Å². The first-order valence-corrected chi connectivity index (χ1v) is 13.0. The van der Waals surface area contributed by atoms with Crippen LogP contribution in [0.3, 0.4) is 0 Å². The van der Waals surface area contributed by atoms with Crippen molar-refractivity contribution in [2.24, 2.45) is 0 Å². The van der Waals surface area contributed by atoms with Gasteiger partial charge in [0.15, 0.2) is 0 Å². The summed E-state index contributed by atoms with van der Waals surface area (Å²) in [5.41, 5.74) is 3.33. The standard InChI is InChI=1S/C31H34N2O5/c1-35-24-11-9-22(10-12-24)25(15-16-32-17-19-33(20-18-32)23-7-5-4-6-8-23)30-28(37-3)21-27(36-2)26-13-14-29(34)38-31(26)30/h4-14,21,25H,15-20H2,1-3H3/t25-/m1/s1. The van der Waals surface area contributed by atoms with E-state index in [0.717, 1.165) is 61.4 Å². The average molecular weight is 515 g/mol. The number of fused-ring (bicyclic) bond motifs is 1. The first kappa shape index (κ1) is 25.7. The highest BCUT2D eigenvalue weighted by Crippen LogP contribution is 2.43. The van der Waals surface area contributed by atoms with Crippen molar-refractivity contribution in [3.05, 3.63) is 94.3 Å². The molecule has 0 amide bonds. The zero-order valence-electron chi connectivity index (χ0n) is 22.2. The van der Waals surface area contributed by atoms with E-state index < -0.39 is 5.63 Å². The molecule has 5 rings (SSSR count). The molecule has 4 aromatic rings. The lowest BCUT2D eigenvalue weighted by Crippen LogP contribution is -2.46. The Kier molecular flexibility index (Phi) is 7.84. The molecule has 1 aliphatic rings. The second-order valence-corrected chi connectivity index (χ2v) is 9.47. The number of hydrogen-bond donors (Lipinski definition) is 0. The molecule has 1 saturated heterocycles. The summed E-state index contributed by atoms with van der Waals surface area (Å²) >= 11 is 0. The van der Waals surface area contributed by atoms with Gasteiger partial charge in [0, 0.05) is 55.5 Å². The number of para-hydroxylation sites is 1. The number of piperazine rings is 1. The first-order chi connectivity index (χ1) is 18.6. The topological polar surface area (TPSA) is 64.4 Å². The van der Waals surface area contributed by atoms with Crippen LogP contribution in [0.4, 0.5) is 5.69 Å². The van der Waals surface area contributed by atoms with E-state index in [1.807, 2.05) is 18.2 Å². The van der Waals surface area contributed by atoms with E-state index in [1.165, 1.54) is 11.8 Å². The molecule has 2 heterocycles. The van der Waals surface area contributed by atoms with Crippen LogP contribution in [0.5, 0.6) is 17.2 Å². The fraction of sp³-hybridized carbons (Fsp3) is 0.323. The minimum absolute atomic E-state index is 0.0676. The van der Waals surface area contributed by atoms with Crippen molar-refractivity contribution in [2.45, 2.75) is 12.3 Å². The van der Waals surface area contributed by atoms with Gasteiger partial charge in [-0.1, -0.05) is 30.3 Å². The number of methoxy groups -OCH3 is 3. The molecular formula is C31H34N2O5. The molecule has 1 aromatic heterocycles. The molecule has 3 aromatic carbocycles. The van der Waals surface area contributed by atoms with Crippen molar-refractivity contribution in [3.8, 4) is 17.2 Å². The summed E-state index contributed by atoms with van der Waals surface area (Å²) in [5, 5.41) is 0.748. The molecule has 198 valence electrons. The van der Waals surface area contributed by atoms with Crippen molar-refractivity contribution in [1.29, 1.82) is 0 Å². The van der Waals surface area contributed by atoms with Crippen LogP contribution in [0.2, 0.25) is 0 Å². The van der Waals surface area contributed by atoms with Crippen molar-refractivity contribution in [3.63, 3.8) is 0 Å². The van der Waals surface area contributed by atoms with Gasteiger partial charge in [0.25, 0.3) is 0 Å². The Bertz CT molecular complexity index is 1410. The van der Waals surface area contributed by atoms with Crippen LogP contribution >= 0.6 is 0 Å². The number of rotatable bonds is 9. The highest BCUT2D eigenvalue weighted by atomic mass is 16.5. The van der Waals surface area contributed by atoms with Gasteiger partial charge in [-0.05, 0) is 48.9 Å². The zero-order chi connectivity index (χ0) is 26.5. The quantitative estimate of drug-likeness (QED) is 0.286. The molecule has 0 saturated carbocycles. The molecule has 7 heteroatoms. The van der Waals surface area contributed by atoms with Gasteiger partial charge in [-0.25, -0.2) is 4.79 Å². The highest BCUT2D eigenvalue weighted by molar-refractivity contribution is 5.89. The second-order valence-electron chi connectivity index (χ2n) is 9.47. The summed E-state index contributed by atoms with van der Waals surface area (Å²) in [4.78, 5) is 17.3. The Morgan fingerprint density at radius 1 is 0.816 bits per heavy atom.